The molecule has 2 atom stereocenters. The molecule has 2 N–H and O–H groups in total. The Morgan fingerprint density at radius 3 is 2.47 bits per heavy atom. The maximum absolute atomic E-state index is 5.85. The van der Waals surface area contributed by atoms with Crippen LogP contribution in [0.3, 0.4) is 0 Å². The van der Waals surface area contributed by atoms with E-state index in [-0.39, 0.29) is 18.3 Å². The Balaban J connectivity index is 1.81. The molecule has 96 valence electrons. The quantitative estimate of drug-likeness (QED) is 0.875. The van der Waals surface area contributed by atoms with E-state index in [0.29, 0.717) is 13.2 Å². The van der Waals surface area contributed by atoms with Crippen LogP contribution in [0, 0.1) is 0 Å². The van der Waals surface area contributed by atoms with Crippen molar-refractivity contribution in [1.82, 2.24) is 0 Å². The summed E-state index contributed by atoms with van der Waals surface area (Å²) in [5.74, 6) is 1.65. The van der Waals surface area contributed by atoms with Crippen LogP contribution in [0.15, 0.2) is 16.5 Å². The fourth-order valence-corrected chi connectivity index (χ4v) is 2.29. The van der Waals surface area contributed by atoms with Gasteiger partial charge in [-0.05, 0) is 38.8 Å². The molecule has 17 heavy (non-hydrogen) atoms. The zero-order valence-electron chi connectivity index (χ0n) is 10.5. The molecule has 0 bridgehead atoms. The molecule has 1 saturated heterocycles. The largest absolute Gasteiger partial charge is 0.462 e. The second kappa shape index (κ2) is 5.67. The average Bonchev–Trinajstić information content (AvgIpc) is 2.73. The molecule has 1 aromatic heterocycles. The van der Waals surface area contributed by atoms with Crippen LogP contribution in [0.25, 0.3) is 0 Å². The lowest BCUT2D eigenvalue weighted by atomic mass is 10.0. The van der Waals surface area contributed by atoms with E-state index in [2.05, 4.69) is 13.8 Å². The minimum Gasteiger partial charge on any atom is -0.462 e. The van der Waals surface area contributed by atoms with Crippen LogP contribution < -0.4 is 5.73 Å². The predicted octanol–water partition coefficient (Wildman–Crippen LogP) is 2.21. The Morgan fingerprint density at radius 1 is 1.24 bits per heavy atom. The predicted molar refractivity (Wildman–Crippen MR) is 64.4 cm³/mol. The summed E-state index contributed by atoms with van der Waals surface area (Å²) < 4.78 is 17.0. The SMILES string of the molecule is CC1CC(OCc2ccc(CN)o2)CC(C)O1. The van der Waals surface area contributed by atoms with Crippen molar-refractivity contribution in [3.8, 4) is 0 Å². The molecule has 2 heterocycles. The normalized spacial score (nSPS) is 29.5. The Kier molecular flexibility index (Phi) is 4.20. The van der Waals surface area contributed by atoms with E-state index < -0.39 is 0 Å². The summed E-state index contributed by atoms with van der Waals surface area (Å²) in [4.78, 5) is 0. The zero-order chi connectivity index (χ0) is 12.3. The van der Waals surface area contributed by atoms with Gasteiger partial charge in [0.1, 0.15) is 18.1 Å². The minimum atomic E-state index is 0.264. The van der Waals surface area contributed by atoms with Gasteiger partial charge in [0.25, 0.3) is 0 Å². The fraction of sp³-hybridized carbons (Fsp3) is 0.692. The third-order valence-corrected chi connectivity index (χ3v) is 3.03. The first-order valence-electron chi connectivity index (χ1n) is 6.22. The molecular formula is C13H21NO3. The van der Waals surface area contributed by atoms with Gasteiger partial charge in [-0.1, -0.05) is 0 Å². The van der Waals surface area contributed by atoms with Crippen molar-refractivity contribution in [3.05, 3.63) is 23.7 Å². The average molecular weight is 239 g/mol. The minimum absolute atomic E-state index is 0.264. The van der Waals surface area contributed by atoms with Crippen LogP contribution in [0.1, 0.15) is 38.2 Å². The molecule has 4 nitrogen and oxygen atoms in total. The molecule has 2 rings (SSSR count). The van der Waals surface area contributed by atoms with Crippen LogP contribution >= 0.6 is 0 Å². The lowest BCUT2D eigenvalue weighted by Gasteiger charge is -2.31. The van der Waals surface area contributed by atoms with Crippen LogP contribution in [-0.4, -0.2) is 18.3 Å². The number of rotatable bonds is 4. The van der Waals surface area contributed by atoms with Crippen LogP contribution in [-0.2, 0) is 22.6 Å². The van der Waals surface area contributed by atoms with Gasteiger partial charge in [-0.15, -0.1) is 0 Å². The van der Waals surface area contributed by atoms with Gasteiger partial charge in [0, 0.05) is 0 Å². The lowest BCUT2D eigenvalue weighted by Crippen LogP contribution is -2.33. The van der Waals surface area contributed by atoms with E-state index in [9.17, 15) is 0 Å². The van der Waals surface area contributed by atoms with Crippen molar-refractivity contribution in [2.75, 3.05) is 0 Å². The van der Waals surface area contributed by atoms with Crippen molar-refractivity contribution in [2.45, 2.75) is 58.2 Å². The molecule has 0 radical (unpaired) electrons. The maximum atomic E-state index is 5.85. The van der Waals surface area contributed by atoms with E-state index in [1.54, 1.807) is 0 Å². The molecule has 1 aliphatic rings. The molecular weight excluding hydrogens is 218 g/mol. The summed E-state index contributed by atoms with van der Waals surface area (Å²) in [6.45, 7) is 5.13. The summed E-state index contributed by atoms with van der Waals surface area (Å²) in [6, 6.07) is 3.82. The van der Waals surface area contributed by atoms with E-state index in [0.717, 1.165) is 24.4 Å². The molecule has 1 aromatic rings. The van der Waals surface area contributed by atoms with Gasteiger partial charge >= 0.3 is 0 Å². The molecule has 0 saturated carbocycles. The van der Waals surface area contributed by atoms with Crippen molar-refractivity contribution in [1.29, 1.82) is 0 Å². The Hall–Kier alpha value is -0.840. The highest BCUT2D eigenvalue weighted by Crippen LogP contribution is 2.22. The van der Waals surface area contributed by atoms with Crippen LogP contribution in [0.4, 0.5) is 0 Å². The highest BCUT2D eigenvalue weighted by Gasteiger charge is 2.25. The van der Waals surface area contributed by atoms with Gasteiger partial charge in [0.2, 0.25) is 0 Å². The lowest BCUT2D eigenvalue weighted by molar-refractivity contribution is -0.108. The molecule has 0 amide bonds. The number of hydrogen-bond donors (Lipinski definition) is 1. The maximum Gasteiger partial charge on any atom is 0.129 e. The van der Waals surface area contributed by atoms with E-state index in [4.69, 9.17) is 19.6 Å². The number of ether oxygens (including phenoxy) is 2. The molecule has 1 fully saturated rings. The first kappa shape index (κ1) is 12.6. The Bertz CT molecular complexity index is 340. The van der Waals surface area contributed by atoms with E-state index in [1.807, 2.05) is 12.1 Å². The number of furan rings is 1. The van der Waals surface area contributed by atoms with Gasteiger partial charge in [-0.2, -0.15) is 0 Å². The third kappa shape index (κ3) is 3.56. The van der Waals surface area contributed by atoms with Gasteiger partial charge in [-0.3, -0.25) is 0 Å². The van der Waals surface area contributed by atoms with E-state index in [1.165, 1.54) is 0 Å². The second-order valence-electron chi connectivity index (χ2n) is 4.73. The van der Waals surface area contributed by atoms with Crippen molar-refractivity contribution in [2.24, 2.45) is 5.73 Å². The number of nitrogens with two attached hydrogens (primary N) is 1. The van der Waals surface area contributed by atoms with Crippen molar-refractivity contribution >= 4 is 0 Å². The number of hydrogen-bond acceptors (Lipinski definition) is 4. The molecule has 0 aliphatic carbocycles. The monoisotopic (exact) mass is 239 g/mol. The first-order chi connectivity index (χ1) is 8.17. The third-order valence-electron chi connectivity index (χ3n) is 3.03. The highest BCUT2D eigenvalue weighted by molar-refractivity contribution is 5.05. The molecule has 0 spiro atoms. The first-order valence-corrected chi connectivity index (χ1v) is 6.22. The van der Waals surface area contributed by atoms with Crippen LogP contribution in [0.5, 0.6) is 0 Å². The van der Waals surface area contributed by atoms with Crippen molar-refractivity contribution < 1.29 is 13.9 Å². The van der Waals surface area contributed by atoms with Gasteiger partial charge < -0.3 is 19.6 Å². The summed E-state index contributed by atoms with van der Waals surface area (Å²) in [5, 5.41) is 0. The summed E-state index contributed by atoms with van der Waals surface area (Å²) >= 11 is 0. The highest BCUT2D eigenvalue weighted by atomic mass is 16.5. The summed E-state index contributed by atoms with van der Waals surface area (Å²) in [6.07, 6.45) is 2.73. The molecule has 4 heteroatoms. The van der Waals surface area contributed by atoms with E-state index >= 15 is 0 Å². The smallest absolute Gasteiger partial charge is 0.129 e. The fourth-order valence-electron chi connectivity index (χ4n) is 2.29. The zero-order valence-corrected chi connectivity index (χ0v) is 10.5. The van der Waals surface area contributed by atoms with Crippen molar-refractivity contribution in [3.63, 3.8) is 0 Å². The molecule has 2 unspecified atom stereocenters. The Labute approximate surface area is 102 Å². The van der Waals surface area contributed by atoms with Crippen LogP contribution in [0.2, 0.25) is 0 Å². The van der Waals surface area contributed by atoms with Gasteiger partial charge in [0.05, 0.1) is 24.9 Å². The van der Waals surface area contributed by atoms with Gasteiger partial charge in [0.15, 0.2) is 0 Å². The Morgan fingerprint density at radius 2 is 1.88 bits per heavy atom. The van der Waals surface area contributed by atoms with Gasteiger partial charge in [-0.25, -0.2) is 0 Å². The topological polar surface area (TPSA) is 57.6 Å². The summed E-state index contributed by atoms with van der Waals surface area (Å²) in [7, 11) is 0. The molecule has 1 aliphatic heterocycles. The standard InChI is InChI=1S/C13H21NO3/c1-9-5-13(6-10(2)16-9)15-8-12-4-3-11(7-14)17-12/h3-4,9-10,13H,5-8,14H2,1-2H3. The summed E-state index contributed by atoms with van der Waals surface area (Å²) in [5.41, 5.74) is 5.49. The second-order valence-corrected chi connectivity index (χ2v) is 4.73. The molecule has 0 aromatic carbocycles.